The summed E-state index contributed by atoms with van der Waals surface area (Å²) >= 11 is 0. The van der Waals surface area contributed by atoms with Gasteiger partial charge in [0.25, 0.3) is 0 Å². The van der Waals surface area contributed by atoms with Crippen LogP contribution < -0.4 is 5.73 Å². The van der Waals surface area contributed by atoms with Crippen molar-refractivity contribution in [2.45, 2.75) is 31.4 Å². The van der Waals surface area contributed by atoms with Gasteiger partial charge in [-0.2, -0.15) is 0 Å². The van der Waals surface area contributed by atoms with Crippen molar-refractivity contribution >= 4 is 5.91 Å². The van der Waals surface area contributed by atoms with E-state index in [2.05, 4.69) is 0 Å². The first-order valence-corrected chi connectivity index (χ1v) is 7.09. The fraction of sp³-hybridized carbons (Fsp3) is 0.533. The fourth-order valence-electron chi connectivity index (χ4n) is 2.60. The minimum Gasteiger partial charge on any atom is -0.504 e. The summed E-state index contributed by atoms with van der Waals surface area (Å²) in [7, 11) is 1.65. The topological polar surface area (TPSA) is 96.0 Å². The van der Waals surface area contributed by atoms with Gasteiger partial charge in [0, 0.05) is 20.2 Å². The molecule has 2 atom stereocenters. The molecule has 21 heavy (non-hydrogen) atoms. The van der Waals surface area contributed by atoms with Gasteiger partial charge in [0.2, 0.25) is 5.91 Å². The van der Waals surface area contributed by atoms with Gasteiger partial charge in [0.15, 0.2) is 11.5 Å². The average Bonchev–Trinajstić information content (AvgIpc) is 2.50. The lowest BCUT2D eigenvalue weighted by Gasteiger charge is -2.33. The molecule has 2 rings (SSSR count). The third-order valence-electron chi connectivity index (χ3n) is 3.84. The Morgan fingerprint density at radius 1 is 1.48 bits per heavy atom. The molecule has 1 aliphatic heterocycles. The van der Waals surface area contributed by atoms with E-state index in [-0.39, 0.29) is 23.5 Å². The van der Waals surface area contributed by atoms with E-state index in [1.807, 2.05) is 0 Å². The van der Waals surface area contributed by atoms with E-state index in [1.165, 1.54) is 12.1 Å². The lowest BCUT2D eigenvalue weighted by Crippen LogP contribution is -2.50. The molecule has 1 fully saturated rings. The smallest absolute Gasteiger partial charge is 0.239 e. The Labute approximate surface area is 124 Å². The summed E-state index contributed by atoms with van der Waals surface area (Å²) in [5.41, 5.74) is 6.69. The molecule has 0 aliphatic carbocycles. The van der Waals surface area contributed by atoms with Crippen LogP contribution in [-0.4, -0.2) is 53.4 Å². The molecule has 1 aromatic rings. The highest BCUT2D eigenvalue weighted by molar-refractivity contribution is 5.82. The standard InChI is InChI=1S/C15H22N2O4/c1-21-11-3-2-6-17(9-11)15(20)12(16)7-10-4-5-13(18)14(19)8-10/h4-5,8,11-12,18-19H,2-3,6-7,9,16H2,1H3/t11?,12-/m0/s1. The molecule has 1 amide bonds. The van der Waals surface area contributed by atoms with E-state index in [1.54, 1.807) is 18.1 Å². The highest BCUT2D eigenvalue weighted by Gasteiger charge is 2.27. The predicted molar refractivity (Wildman–Crippen MR) is 78.1 cm³/mol. The number of methoxy groups -OCH3 is 1. The third-order valence-corrected chi connectivity index (χ3v) is 3.84. The van der Waals surface area contributed by atoms with Crippen molar-refractivity contribution in [1.82, 2.24) is 4.90 Å². The number of nitrogens with zero attached hydrogens (tertiary/aromatic N) is 1. The number of ether oxygens (including phenoxy) is 1. The largest absolute Gasteiger partial charge is 0.504 e. The van der Waals surface area contributed by atoms with E-state index in [0.717, 1.165) is 12.8 Å². The van der Waals surface area contributed by atoms with Gasteiger partial charge in [-0.1, -0.05) is 6.07 Å². The maximum atomic E-state index is 12.3. The molecule has 1 aliphatic rings. The highest BCUT2D eigenvalue weighted by atomic mass is 16.5. The van der Waals surface area contributed by atoms with Gasteiger partial charge in [0.1, 0.15) is 0 Å². The van der Waals surface area contributed by atoms with Gasteiger partial charge in [-0.05, 0) is 37.0 Å². The number of hydrogen-bond acceptors (Lipinski definition) is 5. The van der Waals surface area contributed by atoms with Crippen molar-refractivity contribution in [3.63, 3.8) is 0 Å². The van der Waals surface area contributed by atoms with Crippen molar-refractivity contribution in [2.75, 3.05) is 20.2 Å². The normalized spacial score (nSPS) is 20.3. The zero-order chi connectivity index (χ0) is 15.4. The van der Waals surface area contributed by atoms with Crippen molar-refractivity contribution in [3.8, 4) is 11.5 Å². The number of carbonyl (C=O) groups is 1. The molecule has 6 heteroatoms. The Balaban J connectivity index is 1.97. The van der Waals surface area contributed by atoms with Crippen LogP contribution in [0.2, 0.25) is 0 Å². The molecule has 0 saturated carbocycles. The molecule has 1 saturated heterocycles. The highest BCUT2D eigenvalue weighted by Crippen LogP contribution is 2.25. The van der Waals surface area contributed by atoms with Crippen molar-refractivity contribution in [3.05, 3.63) is 23.8 Å². The number of nitrogens with two attached hydrogens (primary N) is 1. The average molecular weight is 294 g/mol. The fourth-order valence-corrected chi connectivity index (χ4v) is 2.60. The summed E-state index contributed by atoms with van der Waals surface area (Å²) in [6, 6.07) is 3.81. The number of hydrogen-bond donors (Lipinski definition) is 3. The molecule has 0 spiro atoms. The van der Waals surface area contributed by atoms with Crippen LogP contribution in [-0.2, 0) is 16.0 Å². The molecule has 1 heterocycles. The van der Waals surface area contributed by atoms with Crippen molar-refractivity contribution in [1.29, 1.82) is 0 Å². The Bertz CT molecular complexity index is 506. The summed E-state index contributed by atoms with van der Waals surface area (Å²) in [4.78, 5) is 14.1. The van der Waals surface area contributed by atoms with E-state index in [0.29, 0.717) is 25.1 Å². The van der Waals surface area contributed by atoms with Crippen LogP contribution in [0.25, 0.3) is 0 Å². The second-order valence-electron chi connectivity index (χ2n) is 5.42. The zero-order valence-corrected chi connectivity index (χ0v) is 12.2. The molecule has 1 aromatic carbocycles. The molecular weight excluding hydrogens is 272 g/mol. The summed E-state index contributed by atoms with van der Waals surface area (Å²) in [5.74, 6) is -0.494. The number of phenols is 2. The van der Waals surface area contributed by atoms with E-state index in [9.17, 15) is 15.0 Å². The van der Waals surface area contributed by atoms with Gasteiger partial charge in [0.05, 0.1) is 12.1 Å². The first-order chi connectivity index (χ1) is 10.0. The van der Waals surface area contributed by atoms with Crippen LogP contribution >= 0.6 is 0 Å². The lowest BCUT2D eigenvalue weighted by atomic mass is 10.0. The summed E-state index contributed by atoms with van der Waals surface area (Å²) in [5, 5.41) is 18.7. The maximum absolute atomic E-state index is 12.3. The Kier molecular flexibility index (Phi) is 5.03. The number of phenolic OH excluding ortho intramolecular Hbond substituents is 2. The Morgan fingerprint density at radius 2 is 2.24 bits per heavy atom. The summed E-state index contributed by atoms with van der Waals surface area (Å²) < 4.78 is 5.30. The molecule has 116 valence electrons. The Morgan fingerprint density at radius 3 is 2.90 bits per heavy atom. The van der Waals surface area contributed by atoms with Gasteiger partial charge in [-0.3, -0.25) is 4.79 Å². The summed E-state index contributed by atoms with van der Waals surface area (Å²) in [6.45, 7) is 1.27. The Hall–Kier alpha value is -1.79. The van der Waals surface area contributed by atoms with Gasteiger partial charge in [-0.25, -0.2) is 0 Å². The van der Waals surface area contributed by atoms with Gasteiger partial charge < -0.3 is 25.6 Å². The first kappa shape index (κ1) is 15.6. The molecule has 0 radical (unpaired) electrons. The zero-order valence-electron chi connectivity index (χ0n) is 12.2. The quantitative estimate of drug-likeness (QED) is 0.707. The maximum Gasteiger partial charge on any atom is 0.239 e. The van der Waals surface area contributed by atoms with Crippen molar-refractivity contribution < 1.29 is 19.7 Å². The van der Waals surface area contributed by atoms with Crippen molar-refractivity contribution in [2.24, 2.45) is 5.73 Å². The number of carbonyl (C=O) groups excluding carboxylic acids is 1. The second kappa shape index (κ2) is 6.78. The number of amides is 1. The lowest BCUT2D eigenvalue weighted by molar-refractivity contribution is -0.136. The van der Waals surface area contributed by atoms with Crippen LogP contribution in [0, 0.1) is 0 Å². The van der Waals surface area contributed by atoms with Crippen LogP contribution in [0.3, 0.4) is 0 Å². The van der Waals surface area contributed by atoms with Crippen LogP contribution in [0.15, 0.2) is 18.2 Å². The first-order valence-electron chi connectivity index (χ1n) is 7.09. The van der Waals surface area contributed by atoms with E-state index >= 15 is 0 Å². The molecular formula is C15H22N2O4. The number of likely N-dealkylation sites (tertiary alicyclic amines) is 1. The van der Waals surface area contributed by atoms with Crippen LogP contribution in [0.1, 0.15) is 18.4 Å². The number of piperidine rings is 1. The molecule has 4 N–H and O–H groups in total. The number of aromatic hydroxyl groups is 2. The monoisotopic (exact) mass is 294 g/mol. The number of benzene rings is 1. The minimum absolute atomic E-state index is 0.0765. The number of rotatable bonds is 4. The van der Waals surface area contributed by atoms with E-state index in [4.69, 9.17) is 10.5 Å². The van der Waals surface area contributed by atoms with Gasteiger partial charge >= 0.3 is 0 Å². The molecule has 0 bridgehead atoms. The second-order valence-corrected chi connectivity index (χ2v) is 5.42. The molecule has 0 aromatic heterocycles. The molecule has 6 nitrogen and oxygen atoms in total. The SMILES string of the molecule is COC1CCCN(C(=O)[C@@H](N)Cc2ccc(O)c(O)c2)C1. The predicted octanol–water partition coefficient (Wildman–Crippen LogP) is 0.605. The summed E-state index contributed by atoms with van der Waals surface area (Å²) in [6.07, 6.45) is 2.27. The van der Waals surface area contributed by atoms with Gasteiger partial charge in [-0.15, -0.1) is 0 Å². The van der Waals surface area contributed by atoms with E-state index < -0.39 is 6.04 Å². The van der Waals surface area contributed by atoms with Crippen LogP contribution in [0.5, 0.6) is 11.5 Å². The van der Waals surface area contributed by atoms with Crippen LogP contribution in [0.4, 0.5) is 0 Å². The third kappa shape index (κ3) is 3.86. The minimum atomic E-state index is -0.662. The molecule has 1 unspecified atom stereocenters.